The van der Waals surface area contributed by atoms with Crippen molar-refractivity contribution in [3.63, 3.8) is 0 Å². The van der Waals surface area contributed by atoms with Crippen molar-refractivity contribution in [3.05, 3.63) is 34.9 Å². The maximum Gasteiger partial charge on any atom is 0.247 e. The van der Waals surface area contributed by atoms with Crippen molar-refractivity contribution in [2.75, 3.05) is 26.8 Å². The smallest absolute Gasteiger partial charge is 0.247 e. The van der Waals surface area contributed by atoms with E-state index in [0.717, 1.165) is 38.0 Å². The fourth-order valence-corrected chi connectivity index (χ4v) is 8.56. The Morgan fingerprint density at radius 1 is 1.14 bits per heavy atom. The van der Waals surface area contributed by atoms with Gasteiger partial charge in [0.25, 0.3) is 0 Å². The molecule has 9 heteroatoms. The number of hydrogen-bond acceptors (Lipinski definition) is 7. The lowest BCUT2D eigenvalue weighted by Gasteiger charge is -2.42. The molecule has 1 aromatic carbocycles. The molecule has 42 heavy (non-hydrogen) atoms. The number of aliphatic hydroxyl groups is 2. The monoisotopic (exact) mass is 580 g/mol. The van der Waals surface area contributed by atoms with E-state index in [9.17, 15) is 24.6 Å². The van der Waals surface area contributed by atoms with Gasteiger partial charge in [-0.1, -0.05) is 25.7 Å². The Morgan fingerprint density at radius 3 is 2.62 bits per heavy atom. The van der Waals surface area contributed by atoms with Crippen LogP contribution in [0.5, 0.6) is 11.5 Å². The second-order valence-electron chi connectivity index (χ2n) is 13.1. The summed E-state index contributed by atoms with van der Waals surface area (Å²) >= 11 is 0. The second-order valence-corrected chi connectivity index (χ2v) is 13.1. The van der Waals surface area contributed by atoms with Gasteiger partial charge in [-0.15, -0.1) is 0 Å². The lowest BCUT2D eigenvalue weighted by Crippen LogP contribution is -2.57. The highest BCUT2D eigenvalue weighted by molar-refractivity contribution is 5.96. The molecule has 1 heterocycles. The predicted molar refractivity (Wildman–Crippen MR) is 155 cm³/mol. The molecule has 3 unspecified atom stereocenters. The zero-order valence-electron chi connectivity index (χ0n) is 24.5. The number of aldehydes is 1. The summed E-state index contributed by atoms with van der Waals surface area (Å²) in [6.07, 6.45) is 11.4. The summed E-state index contributed by atoms with van der Waals surface area (Å²) < 4.78 is 11.9. The average Bonchev–Trinajstić information content (AvgIpc) is 3.74. The molecule has 2 amide bonds. The van der Waals surface area contributed by atoms with E-state index in [0.29, 0.717) is 65.2 Å². The number of nitrogens with one attached hydrogen (secondary N) is 1. The van der Waals surface area contributed by atoms with Gasteiger partial charge in [0, 0.05) is 36.2 Å². The molecule has 5 aliphatic rings. The van der Waals surface area contributed by atoms with E-state index in [4.69, 9.17) is 9.47 Å². The number of benzene rings is 1. The van der Waals surface area contributed by atoms with Crippen molar-refractivity contribution in [1.29, 1.82) is 0 Å². The van der Waals surface area contributed by atoms with Crippen molar-refractivity contribution < 1.29 is 34.1 Å². The van der Waals surface area contributed by atoms with Gasteiger partial charge in [0.1, 0.15) is 18.5 Å². The molecule has 3 saturated carbocycles. The number of carbonyl (C=O) groups excluding carboxylic acids is 3. The maximum atomic E-state index is 14.2. The molecule has 7 atom stereocenters. The normalized spacial score (nSPS) is 31.5. The number of amides is 2. The molecule has 1 aliphatic heterocycles. The Morgan fingerprint density at radius 2 is 1.95 bits per heavy atom. The Hall–Kier alpha value is -2.91. The van der Waals surface area contributed by atoms with Crippen molar-refractivity contribution >= 4 is 18.1 Å². The summed E-state index contributed by atoms with van der Waals surface area (Å²) in [7, 11) is 1.49. The summed E-state index contributed by atoms with van der Waals surface area (Å²) in [5.74, 6) is 1.83. The SMILES string of the molecule is COc1cc(C=O)cc2c1O[C@@H]1[C@@H](O)[C@H](N(CC3CCCCC3)C(=O)CC3CC4CCC3C4)C=C(C(=O)NCCO)[C@H]21. The third-order valence-corrected chi connectivity index (χ3v) is 10.6. The number of carbonyl (C=O) groups is 3. The third-order valence-electron chi connectivity index (χ3n) is 10.6. The van der Waals surface area contributed by atoms with Crippen LogP contribution in [0.15, 0.2) is 23.8 Å². The van der Waals surface area contributed by atoms with Gasteiger partial charge in [-0.2, -0.15) is 0 Å². The highest BCUT2D eigenvalue weighted by Crippen LogP contribution is 2.52. The topological polar surface area (TPSA) is 125 Å². The van der Waals surface area contributed by atoms with E-state index in [1.807, 2.05) is 4.90 Å². The average molecular weight is 581 g/mol. The van der Waals surface area contributed by atoms with Gasteiger partial charge in [0.05, 0.1) is 25.7 Å². The van der Waals surface area contributed by atoms with Crippen LogP contribution < -0.4 is 14.8 Å². The predicted octanol–water partition coefficient (Wildman–Crippen LogP) is 3.37. The third kappa shape index (κ3) is 5.46. The number of fused-ring (bicyclic) bond motifs is 5. The van der Waals surface area contributed by atoms with Crippen LogP contribution in [-0.4, -0.2) is 78.3 Å². The number of hydrogen-bond donors (Lipinski definition) is 3. The number of methoxy groups -OCH3 is 1. The van der Waals surface area contributed by atoms with Gasteiger partial charge in [0.2, 0.25) is 11.8 Å². The molecular formula is C33H44N2O7. The van der Waals surface area contributed by atoms with E-state index < -0.39 is 24.2 Å². The van der Waals surface area contributed by atoms with Crippen LogP contribution in [0.25, 0.3) is 0 Å². The molecular weight excluding hydrogens is 536 g/mol. The first-order valence-electron chi connectivity index (χ1n) is 15.8. The molecule has 228 valence electrons. The lowest BCUT2D eigenvalue weighted by molar-refractivity contribution is -0.139. The van der Waals surface area contributed by atoms with Gasteiger partial charge < -0.3 is 29.9 Å². The number of ether oxygens (including phenoxy) is 2. The van der Waals surface area contributed by atoms with Gasteiger partial charge >= 0.3 is 0 Å². The largest absolute Gasteiger partial charge is 0.493 e. The van der Waals surface area contributed by atoms with E-state index in [2.05, 4.69) is 5.32 Å². The summed E-state index contributed by atoms with van der Waals surface area (Å²) in [6, 6.07) is 2.52. The number of rotatable bonds is 10. The van der Waals surface area contributed by atoms with Gasteiger partial charge in [-0.3, -0.25) is 14.4 Å². The molecule has 3 N–H and O–H groups in total. The minimum Gasteiger partial charge on any atom is -0.493 e. The molecule has 0 saturated heterocycles. The van der Waals surface area contributed by atoms with E-state index in [-0.39, 0.29) is 25.0 Å². The Bertz CT molecular complexity index is 1220. The van der Waals surface area contributed by atoms with E-state index in [1.54, 1.807) is 18.2 Å². The van der Waals surface area contributed by atoms with E-state index >= 15 is 0 Å². The molecule has 1 aromatic rings. The standard InChI is InChI=1S/C33H44N2O7/c1-41-27-14-21(18-37)13-24-29-25(33(40)34-9-10-36)16-26(30(39)32(29)42-31(24)27)35(17-19-5-3-2-4-6-19)28(38)15-23-12-20-7-8-22(23)11-20/h13-14,16,18-20,22-23,26,29-30,32,36,39H,2-12,15,17H2,1H3,(H,34,40)/t20?,22?,23?,26-,29+,30+,32+/m1/s1. The molecule has 4 aliphatic carbocycles. The van der Waals surface area contributed by atoms with Gasteiger partial charge in [-0.25, -0.2) is 0 Å². The van der Waals surface area contributed by atoms with Gasteiger partial charge in [0.15, 0.2) is 11.5 Å². The maximum absolute atomic E-state index is 14.2. The quantitative estimate of drug-likeness (QED) is 0.363. The second kappa shape index (κ2) is 12.4. The van der Waals surface area contributed by atoms with Crippen LogP contribution in [0.3, 0.4) is 0 Å². The molecule has 0 radical (unpaired) electrons. The summed E-state index contributed by atoms with van der Waals surface area (Å²) in [6.45, 7) is 0.402. The van der Waals surface area contributed by atoms with Crippen LogP contribution in [0.4, 0.5) is 0 Å². The van der Waals surface area contributed by atoms with Crippen LogP contribution in [0.2, 0.25) is 0 Å². The van der Waals surface area contributed by atoms with Crippen LogP contribution >= 0.6 is 0 Å². The summed E-state index contributed by atoms with van der Waals surface area (Å²) in [4.78, 5) is 41.4. The summed E-state index contributed by atoms with van der Waals surface area (Å²) in [5.41, 5.74) is 1.34. The fourth-order valence-electron chi connectivity index (χ4n) is 8.56. The first-order chi connectivity index (χ1) is 20.4. The van der Waals surface area contributed by atoms with Crippen molar-refractivity contribution in [3.8, 4) is 11.5 Å². The van der Waals surface area contributed by atoms with Crippen LogP contribution in [0, 0.1) is 23.7 Å². The zero-order chi connectivity index (χ0) is 29.4. The first-order valence-corrected chi connectivity index (χ1v) is 15.8. The van der Waals surface area contributed by atoms with Crippen molar-refractivity contribution in [2.45, 2.75) is 88.4 Å². The fraction of sp³-hybridized carbons (Fsp3) is 0.667. The van der Waals surface area contributed by atoms with Crippen LogP contribution in [-0.2, 0) is 9.59 Å². The minimum atomic E-state index is -1.09. The Kier molecular flexibility index (Phi) is 8.59. The molecule has 9 nitrogen and oxygen atoms in total. The molecule has 0 aromatic heterocycles. The highest BCUT2D eigenvalue weighted by atomic mass is 16.5. The highest BCUT2D eigenvalue weighted by Gasteiger charge is 2.52. The summed E-state index contributed by atoms with van der Waals surface area (Å²) in [5, 5.41) is 24.1. The minimum absolute atomic E-state index is 0.0447. The number of aliphatic hydroxyl groups excluding tert-OH is 2. The molecule has 0 spiro atoms. The first kappa shape index (κ1) is 29.2. The Labute approximate surface area is 247 Å². The molecule has 6 rings (SSSR count). The molecule has 3 fully saturated rings. The van der Waals surface area contributed by atoms with Gasteiger partial charge in [-0.05, 0) is 74.0 Å². The lowest BCUT2D eigenvalue weighted by atomic mass is 9.76. The Balaban J connectivity index is 1.37. The molecule has 2 bridgehead atoms. The van der Waals surface area contributed by atoms with Crippen LogP contribution in [0.1, 0.15) is 86.0 Å². The number of nitrogens with zero attached hydrogens (tertiary/aromatic N) is 1. The van der Waals surface area contributed by atoms with Crippen molar-refractivity contribution in [2.24, 2.45) is 23.7 Å². The zero-order valence-corrected chi connectivity index (χ0v) is 24.5. The van der Waals surface area contributed by atoms with Crippen molar-refractivity contribution in [1.82, 2.24) is 10.2 Å². The van der Waals surface area contributed by atoms with E-state index in [1.165, 1.54) is 32.8 Å².